The quantitative estimate of drug-likeness (QED) is 0.696. The van der Waals surface area contributed by atoms with Gasteiger partial charge in [0.2, 0.25) is 0 Å². The molecule has 0 saturated heterocycles. The zero-order valence-corrected chi connectivity index (χ0v) is 10.7. The van der Waals surface area contributed by atoms with E-state index >= 15 is 0 Å². The maximum absolute atomic E-state index is 11.9. The SMILES string of the molecule is CC(=O)C1[C@H]2C=C[C@@H]3C(C(C)=O)[C@@H]4C=C[C@@H]1C4C23. The van der Waals surface area contributed by atoms with Crippen LogP contribution in [0.25, 0.3) is 0 Å². The lowest BCUT2D eigenvalue weighted by molar-refractivity contribution is -0.122. The Morgan fingerprint density at radius 2 is 0.944 bits per heavy atom. The fraction of sp³-hybridized carbons (Fsp3) is 0.625. The second-order valence-electron chi connectivity index (χ2n) is 6.51. The summed E-state index contributed by atoms with van der Waals surface area (Å²) < 4.78 is 0. The standard InChI is InChI=1S/C16H18O2/c1-7(17)13-9-3-5-11-14(8(2)18)12-6-4-10(13)16(12)15(9)11/h3-6,9-16H,1-2H3/t9-,10+,11-,12+,13?,14?,15?,16?. The Hall–Kier alpha value is -1.18. The first-order valence-corrected chi connectivity index (χ1v) is 6.99. The average Bonchev–Trinajstić information content (AvgIpc) is 2.95. The summed E-state index contributed by atoms with van der Waals surface area (Å²) in [6.45, 7) is 3.47. The van der Waals surface area contributed by atoms with Crippen molar-refractivity contribution in [3.8, 4) is 0 Å². The third kappa shape index (κ3) is 1.01. The number of Topliss-reactive ketones (excluding diaryl/α,β-unsaturated/α-hetero) is 2. The fourth-order valence-corrected chi connectivity index (χ4v) is 5.60. The number of carbonyl (C=O) groups excluding carboxylic acids is 2. The molecule has 0 aromatic carbocycles. The monoisotopic (exact) mass is 242 g/mol. The first-order valence-electron chi connectivity index (χ1n) is 6.99. The predicted molar refractivity (Wildman–Crippen MR) is 67.6 cm³/mol. The molecular formula is C16H18O2. The Labute approximate surface area is 107 Å². The van der Waals surface area contributed by atoms with Gasteiger partial charge in [-0.2, -0.15) is 0 Å². The average molecular weight is 242 g/mol. The fourth-order valence-electron chi connectivity index (χ4n) is 5.60. The highest BCUT2D eigenvalue weighted by Gasteiger charge is 2.65. The minimum atomic E-state index is 0.176. The number of carbonyl (C=O) groups is 2. The molecule has 0 aliphatic heterocycles. The molecule has 2 saturated carbocycles. The van der Waals surface area contributed by atoms with Crippen molar-refractivity contribution in [2.24, 2.45) is 47.3 Å². The first kappa shape index (κ1) is 10.7. The summed E-state index contributed by atoms with van der Waals surface area (Å²) >= 11 is 0. The lowest BCUT2D eigenvalue weighted by atomic mass is 9.80. The normalized spacial score (nSPS) is 54.1. The topological polar surface area (TPSA) is 34.1 Å². The van der Waals surface area contributed by atoms with Gasteiger partial charge in [-0.25, -0.2) is 0 Å². The van der Waals surface area contributed by atoms with Crippen LogP contribution in [-0.2, 0) is 9.59 Å². The maximum Gasteiger partial charge on any atom is 0.134 e. The number of hydrogen-bond donors (Lipinski definition) is 0. The summed E-state index contributed by atoms with van der Waals surface area (Å²) in [7, 11) is 0. The van der Waals surface area contributed by atoms with Crippen LogP contribution >= 0.6 is 0 Å². The molecule has 4 aliphatic carbocycles. The van der Waals surface area contributed by atoms with Gasteiger partial charge in [0, 0.05) is 11.8 Å². The Kier molecular flexibility index (Phi) is 1.92. The van der Waals surface area contributed by atoms with Crippen LogP contribution < -0.4 is 0 Å². The summed E-state index contributed by atoms with van der Waals surface area (Å²) in [6, 6.07) is 0. The van der Waals surface area contributed by atoms with E-state index in [0.29, 0.717) is 47.1 Å². The van der Waals surface area contributed by atoms with Crippen molar-refractivity contribution in [2.75, 3.05) is 0 Å². The van der Waals surface area contributed by atoms with E-state index in [2.05, 4.69) is 24.3 Å². The molecule has 4 aliphatic rings. The lowest BCUT2D eigenvalue weighted by Gasteiger charge is -2.21. The molecule has 0 radical (unpaired) electrons. The molecule has 4 rings (SSSR count). The van der Waals surface area contributed by atoms with E-state index in [9.17, 15) is 9.59 Å². The van der Waals surface area contributed by atoms with Crippen molar-refractivity contribution in [3.63, 3.8) is 0 Å². The van der Waals surface area contributed by atoms with Gasteiger partial charge >= 0.3 is 0 Å². The van der Waals surface area contributed by atoms with Gasteiger partial charge in [0.25, 0.3) is 0 Å². The summed E-state index contributed by atoms with van der Waals surface area (Å²) in [4.78, 5) is 23.9. The van der Waals surface area contributed by atoms with E-state index in [0.717, 1.165) is 0 Å². The molecule has 0 heterocycles. The minimum Gasteiger partial charge on any atom is -0.300 e. The molecule has 0 amide bonds. The molecule has 2 unspecified atom stereocenters. The summed E-state index contributed by atoms with van der Waals surface area (Å²) in [5.41, 5.74) is 0. The molecule has 0 bridgehead atoms. The number of rotatable bonds is 2. The third-order valence-electron chi connectivity index (χ3n) is 5.93. The van der Waals surface area contributed by atoms with Crippen LogP contribution in [0.2, 0.25) is 0 Å². The molecule has 2 nitrogen and oxygen atoms in total. The van der Waals surface area contributed by atoms with Crippen LogP contribution in [-0.4, -0.2) is 11.6 Å². The molecule has 94 valence electrons. The van der Waals surface area contributed by atoms with Crippen molar-refractivity contribution < 1.29 is 9.59 Å². The molecule has 0 aromatic heterocycles. The summed E-state index contributed by atoms with van der Waals surface area (Å²) in [5.74, 6) is 3.72. The highest BCUT2D eigenvalue weighted by Crippen LogP contribution is 2.67. The van der Waals surface area contributed by atoms with E-state index in [1.165, 1.54) is 0 Å². The van der Waals surface area contributed by atoms with Crippen LogP contribution in [0.3, 0.4) is 0 Å². The van der Waals surface area contributed by atoms with E-state index in [4.69, 9.17) is 0 Å². The highest BCUT2D eigenvalue weighted by atomic mass is 16.1. The molecule has 2 heteroatoms. The second kappa shape index (κ2) is 3.23. The maximum atomic E-state index is 11.9. The molecule has 2 fully saturated rings. The van der Waals surface area contributed by atoms with Gasteiger partial charge < -0.3 is 0 Å². The minimum absolute atomic E-state index is 0.176. The zero-order valence-electron chi connectivity index (χ0n) is 10.7. The van der Waals surface area contributed by atoms with E-state index in [1.807, 2.05) is 0 Å². The lowest BCUT2D eigenvalue weighted by Crippen LogP contribution is -2.26. The predicted octanol–water partition coefficient (Wildman–Crippen LogP) is 2.26. The van der Waals surface area contributed by atoms with Gasteiger partial charge in [-0.3, -0.25) is 9.59 Å². The Bertz CT molecular complexity index is 427. The first-order chi connectivity index (χ1) is 8.61. The van der Waals surface area contributed by atoms with Gasteiger partial charge in [-0.1, -0.05) is 24.3 Å². The Morgan fingerprint density at radius 3 is 1.17 bits per heavy atom. The summed E-state index contributed by atoms with van der Waals surface area (Å²) in [6.07, 6.45) is 8.94. The smallest absolute Gasteiger partial charge is 0.134 e. The molecular weight excluding hydrogens is 224 g/mol. The van der Waals surface area contributed by atoms with Crippen molar-refractivity contribution in [3.05, 3.63) is 24.3 Å². The van der Waals surface area contributed by atoms with Crippen molar-refractivity contribution in [2.45, 2.75) is 13.8 Å². The van der Waals surface area contributed by atoms with Gasteiger partial charge in [-0.15, -0.1) is 0 Å². The van der Waals surface area contributed by atoms with E-state index in [1.54, 1.807) is 13.8 Å². The zero-order chi connectivity index (χ0) is 12.6. The molecule has 6 atom stereocenters. The van der Waals surface area contributed by atoms with Gasteiger partial charge in [0.15, 0.2) is 0 Å². The van der Waals surface area contributed by atoms with Crippen LogP contribution in [0, 0.1) is 47.3 Å². The number of allylic oxidation sites excluding steroid dienone is 4. The van der Waals surface area contributed by atoms with Crippen molar-refractivity contribution in [1.82, 2.24) is 0 Å². The summed E-state index contributed by atoms with van der Waals surface area (Å²) in [5, 5.41) is 0. The van der Waals surface area contributed by atoms with Gasteiger partial charge in [-0.05, 0) is 49.4 Å². The second-order valence-corrected chi connectivity index (χ2v) is 6.51. The highest BCUT2D eigenvalue weighted by molar-refractivity contribution is 5.83. The van der Waals surface area contributed by atoms with Crippen LogP contribution in [0.4, 0.5) is 0 Å². The van der Waals surface area contributed by atoms with Crippen LogP contribution in [0.1, 0.15) is 13.8 Å². The molecule has 18 heavy (non-hydrogen) atoms. The van der Waals surface area contributed by atoms with Crippen LogP contribution in [0.5, 0.6) is 0 Å². The van der Waals surface area contributed by atoms with E-state index in [-0.39, 0.29) is 11.8 Å². The van der Waals surface area contributed by atoms with Gasteiger partial charge in [0.05, 0.1) is 0 Å². The molecule has 0 spiro atoms. The largest absolute Gasteiger partial charge is 0.300 e. The van der Waals surface area contributed by atoms with Crippen molar-refractivity contribution >= 4 is 11.6 Å². The molecule has 0 N–H and O–H groups in total. The Morgan fingerprint density at radius 1 is 0.667 bits per heavy atom. The Balaban J connectivity index is 1.82. The third-order valence-corrected chi connectivity index (χ3v) is 5.93. The van der Waals surface area contributed by atoms with E-state index < -0.39 is 0 Å². The molecule has 0 aromatic rings. The number of ketones is 2. The van der Waals surface area contributed by atoms with Crippen LogP contribution in [0.15, 0.2) is 24.3 Å². The number of hydrogen-bond acceptors (Lipinski definition) is 2. The van der Waals surface area contributed by atoms with Gasteiger partial charge in [0.1, 0.15) is 11.6 Å². The van der Waals surface area contributed by atoms with Crippen molar-refractivity contribution in [1.29, 1.82) is 0 Å².